The van der Waals surface area contributed by atoms with Crippen LogP contribution in [0.3, 0.4) is 0 Å². The van der Waals surface area contributed by atoms with Crippen LogP contribution in [0.15, 0.2) is 0 Å². The van der Waals surface area contributed by atoms with Gasteiger partial charge < -0.3 is 0 Å². The Morgan fingerprint density at radius 3 is 2.08 bits per heavy atom. The van der Waals surface area contributed by atoms with Crippen LogP contribution in [0, 0.1) is 11.8 Å². The smallest absolute Gasteiger partial charge is 0.100 e. The predicted octanol–water partition coefficient (Wildman–Crippen LogP) is 4.59. The third kappa shape index (κ3) is 8.27. The third-order valence-electron chi connectivity index (χ3n) is 2.50. The quantitative estimate of drug-likeness (QED) is 0.548. The van der Waals surface area contributed by atoms with Crippen molar-refractivity contribution in [3.63, 3.8) is 0 Å². The first-order valence-corrected chi connectivity index (χ1v) is 5.70. The highest BCUT2D eigenvalue weighted by molar-refractivity contribution is 4.62. The minimum Gasteiger partial charge on any atom is -0.247 e. The van der Waals surface area contributed by atoms with Gasteiger partial charge in [-0.3, -0.25) is 0 Å². The van der Waals surface area contributed by atoms with E-state index in [1.165, 1.54) is 12.8 Å². The van der Waals surface area contributed by atoms with E-state index in [4.69, 9.17) is 0 Å². The maximum absolute atomic E-state index is 13.2. The zero-order valence-electron chi connectivity index (χ0n) is 9.65. The molecule has 0 N–H and O–H groups in total. The molecule has 13 heavy (non-hydrogen) atoms. The van der Waals surface area contributed by atoms with Crippen LogP contribution in [0.25, 0.3) is 0 Å². The van der Waals surface area contributed by atoms with Gasteiger partial charge in [0.15, 0.2) is 0 Å². The van der Waals surface area contributed by atoms with E-state index in [-0.39, 0.29) is 0 Å². The number of alkyl halides is 1. The van der Waals surface area contributed by atoms with Gasteiger partial charge in [-0.2, -0.15) is 0 Å². The first kappa shape index (κ1) is 12.9. The van der Waals surface area contributed by atoms with Crippen LogP contribution in [0.1, 0.15) is 59.8 Å². The highest BCUT2D eigenvalue weighted by atomic mass is 19.1. The van der Waals surface area contributed by atoms with E-state index in [1.54, 1.807) is 0 Å². The number of rotatable bonds is 7. The Morgan fingerprint density at radius 2 is 1.62 bits per heavy atom. The average molecular weight is 188 g/mol. The maximum Gasteiger partial charge on any atom is 0.100 e. The van der Waals surface area contributed by atoms with Crippen molar-refractivity contribution in [3.8, 4) is 0 Å². The van der Waals surface area contributed by atoms with Crippen molar-refractivity contribution < 1.29 is 4.39 Å². The summed E-state index contributed by atoms with van der Waals surface area (Å²) in [5.41, 5.74) is 0. The first-order chi connectivity index (χ1) is 6.06. The molecule has 0 aliphatic carbocycles. The van der Waals surface area contributed by atoms with Crippen molar-refractivity contribution >= 4 is 0 Å². The molecule has 0 saturated heterocycles. The minimum absolute atomic E-state index is 0.559. The van der Waals surface area contributed by atoms with Gasteiger partial charge in [-0.25, -0.2) is 4.39 Å². The normalized spacial score (nSPS) is 16.2. The van der Waals surface area contributed by atoms with Gasteiger partial charge in [-0.15, -0.1) is 0 Å². The standard InChI is InChI=1S/C12H25F/c1-5-6-12(13)9-11(4)8-7-10(2)3/h10-12H,5-9H2,1-4H3. The molecular weight excluding hydrogens is 163 g/mol. The number of halogens is 1. The Kier molecular flexibility index (Phi) is 7.31. The van der Waals surface area contributed by atoms with Crippen molar-refractivity contribution in [1.82, 2.24) is 0 Å². The molecule has 0 aromatic carbocycles. The molecule has 0 fully saturated rings. The zero-order chi connectivity index (χ0) is 10.3. The van der Waals surface area contributed by atoms with Crippen molar-refractivity contribution in [2.45, 2.75) is 66.0 Å². The molecule has 0 saturated carbocycles. The van der Waals surface area contributed by atoms with E-state index in [1.807, 2.05) is 6.92 Å². The van der Waals surface area contributed by atoms with Gasteiger partial charge in [0.05, 0.1) is 0 Å². The molecule has 0 aromatic heterocycles. The van der Waals surface area contributed by atoms with E-state index >= 15 is 0 Å². The fourth-order valence-electron chi connectivity index (χ4n) is 1.60. The Bertz CT molecular complexity index is 110. The lowest BCUT2D eigenvalue weighted by Crippen LogP contribution is -2.07. The summed E-state index contributed by atoms with van der Waals surface area (Å²) >= 11 is 0. The molecule has 0 bridgehead atoms. The highest BCUT2D eigenvalue weighted by Gasteiger charge is 2.11. The lowest BCUT2D eigenvalue weighted by molar-refractivity contribution is 0.248. The molecule has 2 atom stereocenters. The summed E-state index contributed by atoms with van der Waals surface area (Å²) in [7, 11) is 0. The van der Waals surface area contributed by atoms with Crippen molar-refractivity contribution in [3.05, 3.63) is 0 Å². The highest BCUT2D eigenvalue weighted by Crippen LogP contribution is 2.19. The van der Waals surface area contributed by atoms with Gasteiger partial charge in [0, 0.05) is 0 Å². The molecule has 0 heterocycles. The van der Waals surface area contributed by atoms with E-state index in [2.05, 4.69) is 20.8 Å². The van der Waals surface area contributed by atoms with E-state index in [0.717, 1.165) is 25.2 Å². The first-order valence-electron chi connectivity index (χ1n) is 5.70. The topological polar surface area (TPSA) is 0 Å². The summed E-state index contributed by atoms with van der Waals surface area (Å²) in [5.74, 6) is 1.32. The summed E-state index contributed by atoms with van der Waals surface area (Å²) in [5, 5.41) is 0. The van der Waals surface area contributed by atoms with Crippen LogP contribution >= 0.6 is 0 Å². The monoisotopic (exact) mass is 188 g/mol. The summed E-state index contributed by atoms with van der Waals surface area (Å²) in [6.45, 7) is 8.67. The molecule has 0 aliphatic heterocycles. The zero-order valence-corrected chi connectivity index (χ0v) is 9.65. The van der Waals surface area contributed by atoms with Crippen molar-refractivity contribution in [2.24, 2.45) is 11.8 Å². The maximum atomic E-state index is 13.2. The Labute approximate surface area is 82.9 Å². The second kappa shape index (κ2) is 7.34. The lowest BCUT2D eigenvalue weighted by Gasteiger charge is -2.15. The SMILES string of the molecule is CCCC(F)CC(C)CCC(C)C. The average Bonchev–Trinajstić information content (AvgIpc) is 2.01. The van der Waals surface area contributed by atoms with Crippen LogP contribution < -0.4 is 0 Å². The molecule has 0 aromatic rings. The molecule has 0 aliphatic rings. The molecule has 80 valence electrons. The summed E-state index contributed by atoms with van der Waals surface area (Å²) in [6.07, 6.45) is 4.33. The van der Waals surface area contributed by atoms with E-state index in [0.29, 0.717) is 5.92 Å². The molecule has 0 spiro atoms. The molecule has 0 radical (unpaired) electrons. The van der Waals surface area contributed by atoms with Crippen LogP contribution in [0.2, 0.25) is 0 Å². The fourth-order valence-corrected chi connectivity index (χ4v) is 1.60. The van der Waals surface area contributed by atoms with Gasteiger partial charge in [0.25, 0.3) is 0 Å². The van der Waals surface area contributed by atoms with Crippen LogP contribution in [0.4, 0.5) is 4.39 Å². The van der Waals surface area contributed by atoms with Crippen LogP contribution in [-0.2, 0) is 0 Å². The van der Waals surface area contributed by atoms with Crippen LogP contribution in [-0.4, -0.2) is 6.17 Å². The molecule has 0 amide bonds. The second-order valence-electron chi connectivity index (χ2n) is 4.70. The molecular formula is C12H25F. The second-order valence-corrected chi connectivity index (χ2v) is 4.70. The van der Waals surface area contributed by atoms with Crippen molar-refractivity contribution in [2.75, 3.05) is 0 Å². The van der Waals surface area contributed by atoms with E-state index in [9.17, 15) is 4.39 Å². The van der Waals surface area contributed by atoms with Gasteiger partial charge in [0.1, 0.15) is 6.17 Å². The van der Waals surface area contributed by atoms with Gasteiger partial charge in [0.2, 0.25) is 0 Å². The van der Waals surface area contributed by atoms with Crippen LogP contribution in [0.5, 0.6) is 0 Å². The summed E-state index contributed by atoms with van der Waals surface area (Å²) < 4.78 is 13.2. The van der Waals surface area contributed by atoms with Gasteiger partial charge >= 0.3 is 0 Å². The molecule has 2 unspecified atom stereocenters. The Balaban J connectivity index is 3.43. The van der Waals surface area contributed by atoms with Gasteiger partial charge in [-0.05, 0) is 24.7 Å². The third-order valence-corrected chi connectivity index (χ3v) is 2.50. The van der Waals surface area contributed by atoms with E-state index < -0.39 is 6.17 Å². The Hall–Kier alpha value is -0.0700. The molecule has 0 nitrogen and oxygen atoms in total. The number of hydrogen-bond donors (Lipinski definition) is 0. The number of hydrogen-bond acceptors (Lipinski definition) is 0. The van der Waals surface area contributed by atoms with Gasteiger partial charge in [-0.1, -0.05) is 47.0 Å². The molecule has 1 heteroatoms. The molecule has 0 rings (SSSR count). The Morgan fingerprint density at radius 1 is 1.00 bits per heavy atom. The fraction of sp³-hybridized carbons (Fsp3) is 1.00. The minimum atomic E-state index is -0.563. The lowest BCUT2D eigenvalue weighted by atomic mass is 9.94. The van der Waals surface area contributed by atoms with Crippen molar-refractivity contribution in [1.29, 1.82) is 0 Å². The summed E-state index contributed by atoms with van der Waals surface area (Å²) in [6, 6.07) is 0. The predicted molar refractivity (Wildman–Crippen MR) is 57.7 cm³/mol. The largest absolute Gasteiger partial charge is 0.247 e. The summed E-state index contributed by atoms with van der Waals surface area (Å²) in [4.78, 5) is 0.